The molecular formula is C14H19N3O2. The van der Waals surface area contributed by atoms with Gasteiger partial charge < -0.3 is 15.5 Å². The first-order valence-electron chi connectivity index (χ1n) is 6.54. The maximum atomic E-state index is 12.2. The van der Waals surface area contributed by atoms with Gasteiger partial charge in [-0.1, -0.05) is 18.2 Å². The van der Waals surface area contributed by atoms with E-state index in [1.165, 1.54) is 0 Å². The van der Waals surface area contributed by atoms with E-state index in [-0.39, 0.29) is 11.8 Å². The highest BCUT2D eigenvalue weighted by molar-refractivity contribution is 5.94. The molecule has 2 N–H and O–H groups in total. The molecule has 0 saturated carbocycles. The highest BCUT2D eigenvalue weighted by Gasteiger charge is 2.24. The molecule has 0 unspecified atom stereocenters. The van der Waals surface area contributed by atoms with Crippen molar-refractivity contribution < 1.29 is 9.59 Å². The molecule has 1 aliphatic heterocycles. The maximum Gasteiger partial charge on any atom is 0.253 e. The molecule has 1 aromatic rings. The summed E-state index contributed by atoms with van der Waals surface area (Å²) in [4.78, 5) is 27.5. The Labute approximate surface area is 113 Å². The molecular weight excluding hydrogens is 242 g/mol. The quantitative estimate of drug-likeness (QED) is 0.852. The van der Waals surface area contributed by atoms with E-state index in [0.717, 1.165) is 0 Å². The van der Waals surface area contributed by atoms with Crippen molar-refractivity contribution in [2.24, 2.45) is 5.73 Å². The molecule has 0 aromatic heterocycles. The lowest BCUT2D eigenvalue weighted by atomic mass is 10.2. The Bertz CT molecular complexity index is 439. The van der Waals surface area contributed by atoms with Crippen molar-refractivity contribution in [2.45, 2.75) is 6.42 Å². The molecule has 1 aliphatic rings. The van der Waals surface area contributed by atoms with Crippen LogP contribution in [0.2, 0.25) is 0 Å². The van der Waals surface area contributed by atoms with Crippen molar-refractivity contribution >= 4 is 11.8 Å². The zero-order valence-corrected chi connectivity index (χ0v) is 10.9. The second kappa shape index (κ2) is 6.33. The first kappa shape index (κ1) is 13.5. The third-order valence-corrected chi connectivity index (χ3v) is 3.30. The predicted molar refractivity (Wildman–Crippen MR) is 72.6 cm³/mol. The predicted octanol–water partition coefficient (Wildman–Crippen LogP) is 0.320. The van der Waals surface area contributed by atoms with Gasteiger partial charge in [0.05, 0.1) is 0 Å². The van der Waals surface area contributed by atoms with Crippen LogP contribution < -0.4 is 5.73 Å². The summed E-state index contributed by atoms with van der Waals surface area (Å²) in [6.07, 6.45) is 0.382. The Balaban J connectivity index is 1.90. The fourth-order valence-electron chi connectivity index (χ4n) is 2.20. The van der Waals surface area contributed by atoms with Crippen LogP contribution in [0.5, 0.6) is 0 Å². The fourth-order valence-corrected chi connectivity index (χ4v) is 2.20. The summed E-state index contributed by atoms with van der Waals surface area (Å²) < 4.78 is 0. The van der Waals surface area contributed by atoms with E-state index < -0.39 is 0 Å². The van der Waals surface area contributed by atoms with E-state index in [1.807, 2.05) is 30.3 Å². The Kier molecular flexibility index (Phi) is 4.52. The minimum atomic E-state index is 0.0338. The summed E-state index contributed by atoms with van der Waals surface area (Å²) >= 11 is 0. The van der Waals surface area contributed by atoms with Crippen LogP contribution in [-0.4, -0.2) is 54.3 Å². The van der Waals surface area contributed by atoms with Gasteiger partial charge in [-0.2, -0.15) is 0 Å². The smallest absolute Gasteiger partial charge is 0.253 e. The summed E-state index contributed by atoms with van der Waals surface area (Å²) in [6.45, 7) is 2.74. The number of benzene rings is 1. The van der Waals surface area contributed by atoms with Crippen LogP contribution in [0.4, 0.5) is 0 Å². The van der Waals surface area contributed by atoms with Gasteiger partial charge in [0.2, 0.25) is 5.91 Å². The van der Waals surface area contributed by atoms with Crippen molar-refractivity contribution in [3.8, 4) is 0 Å². The first-order chi connectivity index (χ1) is 9.22. The molecule has 1 aromatic carbocycles. The number of amides is 2. The van der Waals surface area contributed by atoms with Gasteiger partial charge in [-0.05, 0) is 12.1 Å². The van der Waals surface area contributed by atoms with Crippen LogP contribution in [0.1, 0.15) is 16.8 Å². The van der Waals surface area contributed by atoms with Gasteiger partial charge in [0.1, 0.15) is 0 Å². The average Bonchev–Trinajstić information content (AvgIpc) is 2.48. The number of carbonyl (C=O) groups excluding carboxylic acids is 2. The lowest BCUT2D eigenvalue weighted by molar-refractivity contribution is -0.132. The molecule has 1 heterocycles. The average molecular weight is 261 g/mol. The lowest BCUT2D eigenvalue weighted by Crippen LogP contribution is -2.50. The fraction of sp³-hybridized carbons (Fsp3) is 0.429. The van der Waals surface area contributed by atoms with E-state index in [0.29, 0.717) is 44.7 Å². The van der Waals surface area contributed by atoms with Crippen molar-refractivity contribution in [1.29, 1.82) is 0 Å². The van der Waals surface area contributed by atoms with E-state index >= 15 is 0 Å². The Morgan fingerprint density at radius 3 is 2.16 bits per heavy atom. The van der Waals surface area contributed by atoms with Gasteiger partial charge in [0.25, 0.3) is 5.91 Å². The van der Waals surface area contributed by atoms with Crippen LogP contribution in [-0.2, 0) is 4.79 Å². The standard InChI is InChI=1S/C14H19N3O2/c15-7-6-13(18)16-8-10-17(11-9-16)14(19)12-4-2-1-3-5-12/h1-5H,6-11,15H2. The summed E-state index contributed by atoms with van der Waals surface area (Å²) in [6, 6.07) is 9.23. The molecule has 0 atom stereocenters. The second-order valence-corrected chi connectivity index (χ2v) is 4.58. The molecule has 0 radical (unpaired) electrons. The van der Waals surface area contributed by atoms with E-state index in [9.17, 15) is 9.59 Å². The molecule has 2 amide bonds. The summed E-state index contributed by atoms with van der Waals surface area (Å²) in [5, 5.41) is 0. The number of nitrogens with zero attached hydrogens (tertiary/aromatic N) is 2. The topological polar surface area (TPSA) is 66.6 Å². The molecule has 2 rings (SSSR count). The second-order valence-electron chi connectivity index (χ2n) is 4.58. The number of hydrogen-bond donors (Lipinski definition) is 1. The minimum Gasteiger partial charge on any atom is -0.339 e. The summed E-state index contributed by atoms with van der Waals surface area (Å²) in [7, 11) is 0. The molecule has 5 nitrogen and oxygen atoms in total. The van der Waals surface area contributed by atoms with E-state index in [2.05, 4.69) is 0 Å². The molecule has 19 heavy (non-hydrogen) atoms. The van der Waals surface area contributed by atoms with Crippen LogP contribution in [0.15, 0.2) is 30.3 Å². The molecule has 0 bridgehead atoms. The Hall–Kier alpha value is -1.88. The SMILES string of the molecule is NCCC(=O)N1CCN(C(=O)c2ccccc2)CC1. The van der Waals surface area contributed by atoms with Gasteiger partial charge in [0.15, 0.2) is 0 Å². The van der Waals surface area contributed by atoms with Gasteiger partial charge in [-0.25, -0.2) is 0 Å². The van der Waals surface area contributed by atoms with Crippen LogP contribution >= 0.6 is 0 Å². The third-order valence-electron chi connectivity index (χ3n) is 3.30. The third kappa shape index (κ3) is 3.32. The molecule has 0 spiro atoms. The van der Waals surface area contributed by atoms with Gasteiger partial charge in [-0.15, -0.1) is 0 Å². The molecule has 1 fully saturated rings. The molecule has 1 saturated heterocycles. The van der Waals surface area contributed by atoms with Crippen LogP contribution in [0, 0.1) is 0 Å². The van der Waals surface area contributed by atoms with E-state index in [4.69, 9.17) is 5.73 Å². The Morgan fingerprint density at radius 2 is 1.58 bits per heavy atom. The largest absolute Gasteiger partial charge is 0.339 e. The van der Waals surface area contributed by atoms with Crippen molar-refractivity contribution in [3.05, 3.63) is 35.9 Å². The van der Waals surface area contributed by atoms with Crippen LogP contribution in [0.25, 0.3) is 0 Å². The highest BCUT2D eigenvalue weighted by atomic mass is 16.2. The number of carbonyl (C=O) groups is 2. The molecule has 102 valence electrons. The molecule has 5 heteroatoms. The van der Waals surface area contributed by atoms with Gasteiger partial charge in [-0.3, -0.25) is 9.59 Å². The minimum absolute atomic E-state index is 0.0338. The molecule has 0 aliphatic carbocycles. The summed E-state index contributed by atoms with van der Waals surface area (Å²) in [5.74, 6) is 0.112. The van der Waals surface area contributed by atoms with Gasteiger partial charge in [0, 0.05) is 44.7 Å². The van der Waals surface area contributed by atoms with E-state index in [1.54, 1.807) is 9.80 Å². The van der Waals surface area contributed by atoms with Crippen molar-refractivity contribution in [2.75, 3.05) is 32.7 Å². The summed E-state index contributed by atoms with van der Waals surface area (Å²) in [5.41, 5.74) is 6.07. The van der Waals surface area contributed by atoms with Crippen molar-refractivity contribution in [3.63, 3.8) is 0 Å². The number of hydrogen-bond acceptors (Lipinski definition) is 3. The van der Waals surface area contributed by atoms with Gasteiger partial charge >= 0.3 is 0 Å². The monoisotopic (exact) mass is 261 g/mol. The maximum absolute atomic E-state index is 12.2. The zero-order valence-electron chi connectivity index (χ0n) is 10.9. The zero-order chi connectivity index (χ0) is 13.7. The van der Waals surface area contributed by atoms with Crippen molar-refractivity contribution in [1.82, 2.24) is 9.80 Å². The number of piperazine rings is 1. The first-order valence-corrected chi connectivity index (χ1v) is 6.54. The number of nitrogens with two attached hydrogens (primary N) is 1. The highest BCUT2D eigenvalue weighted by Crippen LogP contribution is 2.09. The lowest BCUT2D eigenvalue weighted by Gasteiger charge is -2.34. The van der Waals surface area contributed by atoms with Crippen LogP contribution in [0.3, 0.4) is 0 Å². The Morgan fingerprint density at radius 1 is 1.00 bits per heavy atom. The normalized spacial score (nSPS) is 15.4. The number of rotatable bonds is 3.